The molecule has 0 saturated carbocycles. The fraction of sp³-hybridized carbons (Fsp3) is 1.00. The van der Waals surface area contributed by atoms with Crippen molar-refractivity contribution in [3.63, 3.8) is 0 Å². The number of likely N-dealkylation sites (N-methyl/N-ethyl adjacent to an activating group) is 1. The van der Waals surface area contributed by atoms with E-state index in [1.165, 1.54) is 0 Å². The van der Waals surface area contributed by atoms with Gasteiger partial charge in [-0.2, -0.15) is 0 Å². The first-order chi connectivity index (χ1) is 7.57. The molecule has 1 fully saturated rings. The van der Waals surface area contributed by atoms with Crippen LogP contribution in [-0.4, -0.2) is 46.2 Å². The molecule has 0 aromatic carbocycles. The van der Waals surface area contributed by atoms with Gasteiger partial charge in [0.1, 0.15) is 0 Å². The Bertz CT molecular complexity index is 290. The summed E-state index contributed by atoms with van der Waals surface area (Å²) in [5, 5.41) is 3.20. The highest BCUT2D eigenvalue weighted by molar-refractivity contribution is 7.91. The molecule has 4 nitrogen and oxygen atoms in total. The molecule has 1 aliphatic rings. The summed E-state index contributed by atoms with van der Waals surface area (Å²) in [5.41, 5.74) is 0. The van der Waals surface area contributed by atoms with Gasteiger partial charge in [-0.15, -0.1) is 0 Å². The van der Waals surface area contributed by atoms with Crippen LogP contribution in [-0.2, 0) is 14.6 Å². The maximum Gasteiger partial charge on any atom is 0.150 e. The Hall–Kier alpha value is -0.130. The number of hydrogen-bond acceptors (Lipinski definition) is 4. The lowest BCUT2D eigenvalue weighted by Crippen LogP contribution is -2.33. The molecule has 0 bridgehead atoms. The molecule has 2 atom stereocenters. The summed E-state index contributed by atoms with van der Waals surface area (Å²) in [6.07, 6.45) is 2.74. The first-order valence-corrected chi connectivity index (χ1v) is 7.85. The Kier molecular flexibility index (Phi) is 5.72. The predicted molar refractivity (Wildman–Crippen MR) is 65.3 cm³/mol. The maximum absolute atomic E-state index is 11.3. The van der Waals surface area contributed by atoms with E-state index >= 15 is 0 Å². The van der Waals surface area contributed by atoms with Crippen molar-refractivity contribution in [2.24, 2.45) is 5.92 Å². The highest BCUT2D eigenvalue weighted by atomic mass is 32.2. The molecule has 1 heterocycles. The normalized spacial score (nSPS) is 25.8. The minimum atomic E-state index is -2.74. The summed E-state index contributed by atoms with van der Waals surface area (Å²) >= 11 is 0. The zero-order chi connectivity index (χ0) is 12.0. The zero-order valence-electron chi connectivity index (χ0n) is 10.2. The summed E-state index contributed by atoms with van der Waals surface area (Å²) in [7, 11) is -0.837. The van der Waals surface area contributed by atoms with E-state index in [4.69, 9.17) is 4.74 Å². The Morgan fingerprint density at radius 1 is 1.50 bits per heavy atom. The summed E-state index contributed by atoms with van der Waals surface area (Å²) in [6.45, 7) is 3.54. The lowest BCUT2D eigenvalue weighted by Gasteiger charge is -2.19. The fourth-order valence-electron chi connectivity index (χ4n) is 2.10. The van der Waals surface area contributed by atoms with E-state index in [0.29, 0.717) is 24.0 Å². The van der Waals surface area contributed by atoms with Crippen molar-refractivity contribution in [2.75, 3.05) is 31.8 Å². The second-order valence-corrected chi connectivity index (χ2v) is 6.79. The topological polar surface area (TPSA) is 55.4 Å². The van der Waals surface area contributed by atoms with Crippen molar-refractivity contribution in [2.45, 2.75) is 32.2 Å². The van der Waals surface area contributed by atoms with Crippen molar-refractivity contribution in [3.05, 3.63) is 0 Å². The van der Waals surface area contributed by atoms with Crippen molar-refractivity contribution in [1.29, 1.82) is 0 Å². The first kappa shape index (κ1) is 13.9. The summed E-state index contributed by atoms with van der Waals surface area (Å²) in [4.78, 5) is 0. The third kappa shape index (κ3) is 4.80. The number of ether oxygens (including phenoxy) is 1. The predicted octanol–water partition coefficient (Wildman–Crippen LogP) is 0.826. The van der Waals surface area contributed by atoms with Crippen LogP contribution in [0.5, 0.6) is 0 Å². The van der Waals surface area contributed by atoms with Crippen LogP contribution in [0.2, 0.25) is 0 Å². The molecular weight excluding hydrogens is 226 g/mol. The third-order valence-corrected chi connectivity index (χ3v) is 4.86. The van der Waals surface area contributed by atoms with Crippen LogP contribution in [0.1, 0.15) is 26.2 Å². The van der Waals surface area contributed by atoms with E-state index in [1.807, 2.05) is 7.05 Å². The Labute approximate surface area is 98.7 Å². The smallest absolute Gasteiger partial charge is 0.150 e. The van der Waals surface area contributed by atoms with Gasteiger partial charge in [0.05, 0.1) is 18.1 Å². The maximum atomic E-state index is 11.3. The van der Waals surface area contributed by atoms with Crippen molar-refractivity contribution >= 4 is 9.84 Å². The molecule has 0 radical (unpaired) electrons. The van der Waals surface area contributed by atoms with Crippen LogP contribution in [0.15, 0.2) is 0 Å². The van der Waals surface area contributed by atoms with Gasteiger partial charge in [-0.3, -0.25) is 0 Å². The average molecular weight is 249 g/mol. The average Bonchev–Trinajstić information content (AvgIpc) is 2.57. The molecular formula is C11H23NO3S. The highest BCUT2D eigenvalue weighted by Crippen LogP contribution is 2.22. The van der Waals surface area contributed by atoms with Crippen molar-refractivity contribution in [3.8, 4) is 0 Å². The van der Waals surface area contributed by atoms with E-state index in [-0.39, 0.29) is 6.04 Å². The van der Waals surface area contributed by atoms with Crippen LogP contribution < -0.4 is 5.32 Å². The summed E-state index contributed by atoms with van der Waals surface area (Å²) in [6, 6.07) is 0.282. The van der Waals surface area contributed by atoms with E-state index < -0.39 is 9.84 Å². The standard InChI is InChI=1S/C11H23NO3S/c1-3-5-15-8-11(12-2)7-10-4-6-16(13,14)9-10/h10-12H,3-9H2,1-2H3. The van der Waals surface area contributed by atoms with E-state index in [9.17, 15) is 8.42 Å². The highest BCUT2D eigenvalue weighted by Gasteiger charge is 2.29. The number of sulfone groups is 1. The van der Waals surface area contributed by atoms with Gasteiger partial charge in [-0.25, -0.2) is 8.42 Å². The number of nitrogens with one attached hydrogen (secondary N) is 1. The van der Waals surface area contributed by atoms with Crippen LogP contribution in [0.4, 0.5) is 0 Å². The molecule has 16 heavy (non-hydrogen) atoms. The summed E-state index contributed by atoms with van der Waals surface area (Å²) in [5.74, 6) is 1.04. The second kappa shape index (κ2) is 6.57. The molecule has 5 heteroatoms. The van der Waals surface area contributed by atoms with E-state index in [2.05, 4.69) is 12.2 Å². The van der Waals surface area contributed by atoms with Gasteiger partial charge in [0, 0.05) is 12.6 Å². The molecule has 1 rings (SSSR count). The molecule has 0 aromatic heterocycles. The van der Waals surface area contributed by atoms with Gasteiger partial charge in [0.2, 0.25) is 0 Å². The van der Waals surface area contributed by atoms with Crippen LogP contribution in [0.3, 0.4) is 0 Å². The Morgan fingerprint density at radius 3 is 2.75 bits per heavy atom. The first-order valence-electron chi connectivity index (χ1n) is 6.03. The van der Waals surface area contributed by atoms with Crippen molar-refractivity contribution in [1.82, 2.24) is 5.32 Å². The number of hydrogen-bond donors (Lipinski definition) is 1. The molecule has 1 N–H and O–H groups in total. The van der Waals surface area contributed by atoms with Gasteiger partial charge in [-0.1, -0.05) is 6.92 Å². The van der Waals surface area contributed by atoms with E-state index in [1.54, 1.807) is 0 Å². The molecule has 0 spiro atoms. The van der Waals surface area contributed by atoms with Crippen molar-refractivity contribution < 1.29 is 13.2 Å². The molecule has 0 aliphatic carbocycles. The SMILES string of the molecule is CCCOCC(CC1CCS(=O)(=O)C1)NC. The van der Waals surface area contributed by atoms with E-state index in [0.717, 1.165) is 25.9 Å². The Morgan fingerprint density at radius 2 is 2.25 bits per heavy atom. The van der Waals surface area contributed by atoms with Crippen LogP contribution >= 0.6 is 0 Å². The lowest BCUT2D eigenvalue weighted by atomic mass is 10.00. The molecule has 0 aromatic rings. The fourth-order valence-corrected chi connectivity index (χ4v) is 3.98. The molecule has 96 valence electrons. The minimum Gasteiger partial charge on any atom is -0.380 e. The van der Waals surface area contributed by atoms with Gasteiger partial charge < -0.3 is 10.1 Å². The summed E-state index contributed by atoms with van der Waals surface area (Å²) < 4.78 is 28.1. The van der Waals surface area contributed by atoms with Gasteiger partial charge in [-0.05, 0) is 32.2 Å². The Balaban J connectivity index is 2.28. The minimum absolute atomic E-state index is 0.282. The molecule has 2 unspecified atom stereocenters. The molecule has 0 amide bonds. The van der Waals surface area contributed by atoms with Crippen LogP contribution in [0, 0.1) is 5.92 Å². The molecule has 1 saturated heterocycles. The number of rotatable bonds is 7. The van der Waals surface area contributed by atoms with Crippen LogP contribution in [0.25, 0.3) is 0 Å². The van der Waals surface area contributed by atoms with Gasteiger partial charge in [0.25, 0.3) is 0 Å². The van der Waals surface area contributed by atoms with Gasteiger partial charge in [0.15, 0.2) is 9.84 Å². The quantitative estimate of drug-likeness (QED) is 0.679. The molecule has 1 aliphatic heterocycles. The zero-order valence-corrected chi connectivity index (χ0v) is 11.1. The van der Waals surface area contributed by atoms with Gasteiger partial charge >= 0.3 is 0 Å². The third-order valence-electron chi connectivity index (χ3n) is 3.02. The second-order valence-electron chi connectivity index (χ2n) is 4.57. The monoisotopic (exact) mass is 249 g/mol. The largest absolute Gasteiger partial charge is 0.380 e. The lowest BCUT2D eigenvalue weighted by molar-refractivity contribution is 0.107.